The van der Waals surface area contributed by atoms with Gasteiger partial charge in [0.2, 0.25) is 0 Å². The van der Waals surface area contributed by atoms with Crippen LogP contribution in [0.25, 0.3) is 66.8 Å². The fourth-order valence-corrected chi connectivity index (χ4v) is 7.53. The zero-order chi connectivity index (χ0) is 48.4. The molecule has 342 valence electrons. The van der Waals surface area contributed by atoms with Gasteiger partial charge >= 0.3 is 37.1 Å². The van der Waals surface area contributed by atoms with E-state index in [9.17, 15) is 52.7 Å². The lowest BCUT2D eigenvalue weighted by atomic mass is 9.80. The molecule has 0 amide bonds. The van der Waals surface area contributed by atoms with Crippen molar-refractivity contribution in [3.05, 3.63) is 167 Å². The monoisotopic (exact) mass is 944 g/mol. The minimum absolute atomic E-state index is 0.256. The van der Waals surface area contributed by atoms with E-state index >= 15 is 26.3 Å². The van der Waals surface area contributed by atoms with E-state index in [1.165, 1.54) is 0 Å². The highest BCUT2D eigenvalue weighted by Gasteiger charge is 2.42. The van der Waals surface area contributed by atoms with E-state index in [4.69, 9.17) is 0 Å². The number of alkyl halides is 18. The van der Waals surface area contributed by atoms with Crippen molar-refractivity contribution >= 4 is 0 Å². The summed E-state index contributed by atoms with van der Waals surface area (Å²) < 4.78 is 265. The third-order valence-corrected chi connectivity index (χ3v) is 10.3. The van der Waals surface area contributed by atoms with Crippen LogP contribution in [0.5, 0.6) is 0 Å². The molecule has 0 bridgehead atoms. The first kappa shape index (κ1) is 47.1. The van der Waals surface area contributed by atoms with Crippen molar-refractivity contribution in [2.75, 3.05) is 0 Å². The van der Waals surface area contributed by atoms with Crippen molar-refractivity contribution < 1.29 is 79.0 Å². The summed E-state index contributed by atoms with van der Waals surface area (Å²) in [4.78, 5) is 7.22. The van der Waals surface area contributed by atoms with Crippen LogP contribution in [-0.4, -0.2) is 9.97 Å². The molecule has 66 heavy (non-hydrogen) atoms. The molecule has 2 nitrogen and oxygen atoms in total. The second kappa shape index (κ2) is 16.5. The molecule has 20 heteroatoms. The summed E-state index contributed by atoms with van der Waals surface area (Å²) in [6.07, 6.45) is -29.5. The standard InChI is InChI=1S/C46H22F18N2/c47-41(48,49)35-7-3-1-5-25(35)27-19-30(32-18-24(10-12-38(32)44(56,57)58)34-22-66-16-14-40(34)46(62,63)64)28(26-6-2-4-8-36(26)42(50,51)52)20-29(27)31-17-23(9-11-37(31)43(53,54)55)33-21-65-15-13-39(33)45(59,60)61/h1-22H. The smallest absolute Gasteiger partial charge is 0.264 e. The molecule has 2 aromatic heterocycles. The van der Waals surface area contributed by atoms with Gasteiger partial charge in [-0.15, -0.1) is 0 Å². The molecule has 0 radical (unpaired) electrons. The number of hydrogen-bond acceptors (Lipinski definition) is 2. The maximum absolute atomic E-state index is 15.1. The Kier molecular flexibility index (Phi) is 11.8. The predicted octanol–water partition coefficient (Wildman–Crippen LogP) is 16.6. The van der Waals surface area contributed by atoms with E-state index < -0.39 is 137 Å². The zero-order valence-electron chi connectivity index (χ0n) is 32.4. The van der Waals surface area contributed by atoms with E-state index in [0.29, 0.717) is 97.6 Å². The van der Waals surface area contributed by atoms with Crippen molar-refractivity contribution in [3.8, 4) is 66.8 Å². The van der Waals surface area contributed by atoms with Gasteiger partial charge in [0, 0.05) is 35.9 Å². The Morgan fingerprint density at radius 2 is 0.515 bits per heavy atom. The van der Waals surface area contributed by atoms with E-state index in [1.807, 2.05) is 0 Å². The molecule has 0 saturated heterocycles. The van der Waals surface area contributed by atoms with Crippen molar-refractivity contribution in [1.29, 1.82) is 0 Å². The summed E-state index contributed by atoms with van der Waals surface area (Å²) in [6, 6.07) is 10.2. The fourth-order valence-electron chi connectivity index (χ4n) is 7.53. The van der Waals surface area contributed by atoms with Crippen molar-refractivity contribution in [3.63, 3.8) is 0 Å². The Hall–Kier alpha value is -6.86. The highest BCUT2D eigenvalue weighted by Crippen LogP contribution is 2.53. The number of halogens is 18. The van der Waals surface area contributed by atoms with Gasteiger partial charge in [-0.2, -0.15) is 79.0 Å². The molecule has 0 saturated carbocycles. The fraction of sp³-hybridized carbons (Fsp3) is 0.130. The zero-order valence-corrected chi connectivity index (χ0v) is 32.4. The number of hydrogen-bond donors (Lipinski definition) is 0. The summed E-state index contributed by atoms with van der Waals surface area (Å²) >= 11 is 0. The maximum Gasteiger partial charge on any atom is 0.417 e. The molecule has 0 aliphatic heterocycles. The topological polar surface area (TPSA) is 25.8 Å². The third kappa shape index (κ3) is 9.30. The van der Waals surface area contributed by atoms with Gasteiger partial charge in [-0.1, -0.05) is 48.5 Å². The van der Waals surface area contributed by atoms with Crippen LogP contribution in [0, 0.1) is 0 Å². The summed E-state index contributed by atoms with van der Waals surface area (Å²) in [6.45, 7) is 0. The first-order chi connectivity index (χ1) is 30.6. The van der Waals surface area contributed by atoms with E-state index in [0.717, 1.165) is 24.3 Å². The van der Waals surface area contributed by atoms with Crippen LogP contribution in [0.2, 0.25) is 0 Å². The molecular weight excluding hydrogens is 922 g/mol. The number of aromatic nitrogens is 2. The minimum Gasteiger partial charge on any atom is -0.264 e. The Balaban J connectivity index is 1.73. The van der Waals surface area contributed by atoms with Gasteiger partial charge in [-0.3, -0.25) is 9.97 Å². The molecule has 0 aliphatic carbocycles. The van der Waals surface area contributed by atoms with Gasteiger partial charge in [0.1, 0.15) is 0 Å². The van der Waals surface area contributed by atoms with Crippen molar-refractivity contribution in [1.82, 2.24) is 9.97 Å². The number of nitrogens with zero attached hydrogens (tertiary/aromatic N) is 2. The van der Waals surface area contributed by atoms with Crippen LogP contribution >= 0.6 is 0 Å². The van der Waals surface area contributed by atoms with Gasteiger partial charge in [0.25, 0.3) is 0 Å². The van der Waals surface area contributed by atoms with Crippen molar-refractivity contribution in [2.24, 2.45) is 0 Å². The highest BCUT2D eigenvalue weighted by molar-refractivity contribution is 5.99. The van der Waals surface area contributed by atoms with Crippen molar-refractivity contribution in [2.45, 2.75) is 37.1 Å². The quantitative estimate of drug-likeness (QED) is 0.155. The normalized spacial score (nSPS) is 13.0. The Labute approximate surface area is 359 Å². The van der Waals surface area contributed by atoms with Crippen LogP contribution in [-0.2, 0) is 37.1 Å². The average molecular weight is 945 g/mol. The molecule has 0 N–H and O–H groups in total. The Morgan fingerprint density at radius 3 is 0.833 bits per heavy atom. The van der Waals surface area contributed by atoms with Gasteiger partial charge in [-0.05, 0) is 116 Å². The lowest BCUT2D eigenvalue weighted by Crippen LogP contribution is -2.12. The molecule has 5 aromatic carbocycles. The van der Waals surface area contributed by atoms with Gasteiger partial charge in [0.05, 0.1) is 33.4 Å². The highest BCUT2D eigenvalue weighted by atomic mass is 19.4. The molecule has 7 rings (SSSR count). The van der Waals surface area contributed by atoms with Crippen LogP contribution < -0.4 is 0 Å². The average Bonchev–Trinajstić information content (AvgIpc) is 3.23. The molecule has 0 unspecified atom stereocenters. The Morgan fingerprint density at radius 1 is 0.242 bits per heavy atom. The summed E-state index contributed by atoms with van der Waals surface area (Å²) in [7, 11) is 0. The largest absolute Gasteiger partial charge is 0.417 e. The molecule has 7 aromatic rings. The summed E-state index contributed by atoms with van der Waals surface area (Å²) in [5.41, 5.74) is -21.5. The minimum atomic E-state index is -5.52. The van der Waals surface area contributed by atoms with Crippen LogP contribution in [0.3, 0.4) is 0 Å². The molecule has 0 fully saturated rings. The SMILES string of the molecule is FC(F)(F)c1ccncc1-c1ccc(C(F)(F)F)c(-c2cc(-c3ccccc3C(F)(F)F)c(-c3cc(-c4cnccc4C(F)(F)F)ccc3C(F)(F)F)cc2-c2ccccc2C(F)(F)F)c1. The number of pyridine rings is 2. The van der Waals surface area contributed by atoms with Gasteiger partial charge < -0.3 is 0 Å². The lowest BCUT2D eigenvalue weighted by Gasteiger charge is -2.25. The van der Waals surface area contributed by atoms with Gasteiger partial charge in [0.15, 0.2) is 0 Å². The lowest BCUT2D eigenvalue weighted by molar-refractivity contribution is -0.138. The maximum atomic E-state index is 15.1. The first-order valence-corrected chi connectivity index (χ1v) is 18.5. The summed E-state index contributed by atoms with van der Waals surface area (Å²) in [5, 5.41) is 0. The van der Waals surface area contributed by atoms with Crippen LogP contribution in [0.1, 0.15) is 33.4 Å². The van der Waals surface area contributed by atoms with E-state index in [2.05, 4.69) is 9.97 Å². The molecule has 2 heterocycles. The number of benzene rings is 5. The molecule has 0 aliphatic rings. The Bertz CT molecular complexity index is 2750. The molecular formula is C46H22F18N2. The van der Waals surface area contributed by atoms with Crippen LogP contribution in [0.15, 0.2) is 134 Å². The van der Waals surface area contributed by atoms with Crippen LogP contribution in [0.4, 0.5) is 79.0 Å². The first-order valence-electron chi connectivity index (χ1n) is 18.5. The predicted molar refractivity (Wildman–Crippen MR) is 205 cm³/mol. The second-order valence-corrected chi connectivity index (χ2v) is 14.4. The third-order valence-electron chi connectivity index (χ3n) is 10.3. The van der Waals surface area contributed by atoms with E-state index in [1.54, 1.807) is 0 Å². The van der Waals surface area contributed by atoms with Gasteiger partial charge in [-0.25, -0.2) is 0 Å². The van der Waals surface area contributed by atoms with E-state index in [-0.39, 0.29) is 12.1 Å². The second-order valence-electron chi connectivity index (χ2n) is 14.4. The number of rotatable bonds is 6. The molecule has 0 atom stereocenters. The molecule has 0 spiro atoms. The summed E-state index contributed by atoms with van der Waals surface area (Å²) in [5.74, 6) is 0.